The van der Waals surface area contributed by atoms with E-state index in [2.05, 4.69) is 0 Å². The molecule has 0 N–H and O–H groups in total. The first-order valence-corrected chi connectivity index (χ1v) is 10.2. The molecule has 1 saturated carbocycles. The van der Waals surface area contributed by atoms with Gasteiger partial charge in [-0.25, -0.2) is 12.7 Å². The number of hydrogen-bond acceptors (Lipinski definition) is 4. The van der Waals surface area contributed by atoms with Crippen molar-refractivity contribution in [2.24, 2.45) is 0 Å². The van der Waals surface area contributed by atoms with Crippen LogP contribution in [0.5, 0.6) is 5.75 Å². The Balaban J connectivity index is 2.39. The molecule has 1 aliphatic rings. The van der Waals surface area contributed by atoms with Crippen LogP contribution in [0.15, 0.2) is 23.1 Å². The van der Waals surface area contributed by atoms with Crippen LogP contribution in [0.2, 0.25) is 0 Å². The molecule has 1 amide bonds. The molecule has 140 valence electrons. The third-order valence-corrected chi connectivity index (χ3v) is 6.62. The number of nitrogens with zero attached hydrogens (tertiary/aromatic N) is 2. The Kier molecular flexibility index (Phi) is 6.46. The van der Waals surface area contributed by atoms with Gasteiger partial charge in [-0.3, -0.25) is 4.79 Å². The molecule has 1 aromatic rings. The van der Waals surface area contributed by atoms with Crippen molar-refractivity contribution >= 4 is 15.9 Å². The van der Waals surface area contributed by atoms with Gasteiger partial charge in [-0.1, -0.05) is 19.3 Å². The molecule has 2 rings (SSSR count). The first-order valence-electron chi connectivity index (χ1n) is 8.74. The van der Waals surface area contributed by atoms with Crippen molar-refractivity contribution in [2.45, 2.75) is 50.0 Å². The van der Waals surface area contributed by atoms with Gasteiger partial charge in [0.05, 0.1) is 7.11 Å². The molecule has 0 heterocycles. The van der Waals surface area contributed by atoms with E-state index in [4.69, 9.17) is 4.74 Å². The maximum absolute atomic E-state index is 13.0. The monoisotopic (exact) mass is 368 g/mol. The predicted octanol–water partition coefficient (Wildman–Crippen LogP) is 2.74. The molecule has 0 radical (unpaired) electrons. The molecule has 0 aliphatic heterocycles. The predicted molar refractivity (Wildman–Crippen MR) is 97.5 cm³/mol. The first kappa shape index (κ1) is 19.7. The maximum Gasteiger partial charge on any atom is 0.254 e. The van der Waals surface area contributed by atoms with Gasteiger partial charge in [-0.2, -0.15) is 0 Å². The molecule has 0 unspecified atom stereocenters. The quantitative estimate of drug-likeness (QED) is 0.774. The number of sulfonamides is 1. The highest BCUT2D eigenvalue weighted by Crippen LogP contribution is 2.29. The summed E-state index contributed by atoms with van der Waals surface area (Å²) in [7, 11) is 0.651. The smallest absolute Gasteiger partial charge is 0.254 e. The lowest BCUT2D eigenvalue weighted by Gasteiger charge is -2.33. The fourth-order valence-electron chi connectivity index (χ4n) is 3.33. The van der Waals surface area contributed by atoms with Crippen LogP contribution in [-0.4, -0.2) is 57.3 Å². The Morgan fingerprint density at radius 2 is 1.84 bits per heavy atom. The molecule has 1 aromatic carbocycles. The highest BCUT2D eigenvalue weighted by Gasteiger charge is 2.28. The fraction of sp³-hybridized carbons (Fsp3) is 0.611. The summed E-state index contributed by atoms with van der Waals surface area (Å²) < 4.78 is 31.4. The standard InChI is InChI=1S/C18H28N2O4S/c1-5-20(15-9-7-6-8-10-15)18(21)14-11-12-16(24-4)17(13-14)25(22,23)19(2)3/h11-13,15H,5-10H2,1-4H3. The lowest BCUT2D eigenvalue weighted by Crippen LogP contribution is -2.41. The molecular formula is C18H28N2O4S. The zero-order valence-electron chi connectivity index (χ0n) is 15.5. The summed E-state index contributed by atoms with van der Waals surface area (Å²) in [4.78, 5) is 14.9. The zero-order chi connectivity index (χ0) is 18.6. The number of carbonyl (C=O) groups excluding carboxylic acids is 1. The Morgan fingerprint density at radius 1 is 1.20 bits per heavy atom. The minimum absolute atomic E-state index is 0.0190. The molecule has 0 atom stereocenters. The first-order chi connectivity index (χ1) is 11.8. The number of hydrogen-bond donors (Lipinski definition) is 0. The van der Waals surface area contributed by atoms with Crippen molar-refractivity contribution in [2.75, 3.05) is 27.7 Å². The average Bonchev–Trinajstić information content (AvgIpc) is 2.62. The van der Waals surface area contributed by atoms with Gasteiger partial charge in [0.25, 0.3) is 5.91 Å². The molecule has 1 aliphatic carbocycles. The zero-order valence-corrected chi connectivity index (χ0v) is 16.3. The van der Waals surface area contributed by atoms with Crippen LogP contribution in [0.4, 0.5) is 0 Å². The molecular weight excluding hydrogens is 340 g/mol. The molecule has 0 aromatic heterocycles. The van der Waals surface area contributed by atoms with E-state index in [1.807, 2.05) is 11.8 Å². The topological polar surface area (TPSA) is 66.9 Å². The number of methoxy groups -OCH3 is 1. The van der Waals surface area contributed by atoms with Crippen LogP contribution in [0, 0.1) is 0 Å². The highest BCUT2D eigenvalue weighted by molar-refractivity contribution is 7.89. The molecule has 7 heteroatoms. The molecule has 6 nitrogen and oxygen atoms in total. The van der Waals surface area contributed by atoms with Gasteiger partial charge in [0.15, 0.2) is 0 Å². The summed E-state index contributed by atoms with van der Waals surface area (Å²) in [5, 5.41) is 0. The minimum atomic E-state index is -3.70. The van der Waals surface area contributed by atoms with E-state index < -0.39 is 10.0 Å². The lowest BCUT2D eigenvalue weighted by molar-refractivity contribution is 0.0647. The second kappa shape index (κ2) is 8.19. The number of amides is 1. The summed E-state index contributed by atoms with van der Waals surface area (Å²) in [6.45, 7) is 2.58. The van der Waals surface area contributed by atoms with Crippen molar-refractivity contribution < 1.29 is 17.9 Å². The lowest BCUT2D eigenvalue weighted by atomic mass is 9.93. The Hall–Kier alpha value is -1.60. The van der Waals surface area contributed by atoms with Gasteiger partial charge >= 0.3 is 0 Å². The number of carbonyl (C=O) groups is 1. The normalized spacial score (nSPS) is 16.0. The van der Waals surface area contributed by atoms with E-state index >= 15 is 0 Å². The number of rotatable bonds is 6. The van der Waals surface area contributed by atoms with E-state index in [-0.39, 0.29) is 22.6 Å². The van der Waals surface area contributed by atoms with Gasteiger partial charge in [-0.05, 0) is 38.0 Å². The second-order valence-corrected chi connectivity index (χ2v) is 8.66. The largest absolute Gasteiger partial charge is 0.495 e. The Morgan fingerprint density at radius 3 is 2.36 bits per heavy atom. The van der Waals surface area contributed by atoms with Gasteiger partial charge in [0.2, 0.25) is 10.0 Å². The van der Waals surface area contributed by atoms with E-state index in [0.717, 1.165) is 30.0 Å². The van der Waals surface area contributed by atoms with Gasteiger partial charge in [-0.15, -0.1) is 0 Å². The van der Waals surface area contributed by atoms with Gasteiger partial charge in [0.1, 0.15) is 10.6 Å². The number of benzene rings is 1. The van der Waals surface area contributed by atoms with Crippen LogP contribution < -0.4 is 4.74 Å². The van der Waals surface area contributed by atoms with Crippen LogP contribution in [0.1, 0.15) is 49.4 Å². The van der Waals surface area contributed by atoms with E-state index in [1.54, 1.807) is 12.1 Å². The molecule has 0 bridgehead atoms. The van der Waals surface area contributed by atoms with Crippen molar-refractivity contribution in [3.8, 4) is 5.75 Å². The third kappa shape index (κ3) is 4.15. The van der Waals surface area contributed by atoms with Crippen molar-refractivity contribution in [3.63, 3.8) is 0 Å². The summed E-state index contributed by atoms with van der Waals surface area (Å²) in [6, 6.07) is 4.86. The second-order valence-electron chi connectivity index (χ2n) is 6.54. The SMILES string of the molecule is CCN(C(=O)c1ccc(OC)c(S(=O)(=O)N(C)C)c1)C1CCCCC1. The van der Waals surface area contributed by atoms with Crippen LogP contribution in [-0.2, 0) is 10.0 Å². The van der Waals surface area contributed by atoms with Crippen molar-refractivity contribution in [3.05, 3.63) is 23.8 Å². The summed E-state index contributed by atoms with van der Waals surface area (Å²) in [5.41, 5.74) is 0.383. The molecule has 0 spiro atoms. The van der Waals surface area contributed by atoms with E-state index in [1.165, 1.54) is 33.7 Å². The minimum Gasteiger partial charge on any atom is -0.495 e. The Labute approximate surface area is 150 Å². The van der Waals surface area contributed by atoms with E-state index in [9.17, 15) is 13.2 Å². The highest BCUT2D eigenvalue weighted by atomic mass is 32.2. The Bertz CT molecular complexity index is 710. The van der Waals surface area contributed by atoms with Crippen molar-refractivity contribution in [1.29, 1.82) is 0 Å². The summed E-state index contributed by atoms with van der Waals surface area (Å²) in [5.74, 6) is 0.123. The van der Waals surface area contributed by atoms with Gasteiger partial charge in [0, 0.05) is 32.2 Å². The van der Waals surface area contributed by atoms with Gasteiger partial charge < -0.3 is 9.64 Å². The molecule has 25 heavy (non-hydrogen) atoms. The summed E-state index contributed by atoms with van der Waals surface area (Å²) in [6.07, 6.45) is 5.52. The number of ether oxygens (including phenoxy) is 1. The van der Waals surface area contributed by atoms with Crippen LogP contribution in [0.3, 0.4) is 0 Å². The fourth-order valence-corrected chi connectivity index (χ4v) is 4.41. The molecule has 0 saturated heterocycles. The van der Waals surface area contributed by atoms with Crippen LogP contribution in [0.25, 0.3) is 0 Å². The average molecular weight is 368 g/mol. The van der Waals surface area contributed by atoms with E-state index in [0.29, 0.717) is 12.1 Å². The van der Waals surface area contributed by atoms with Crippen LogP contribution >= 0.6 is 0 Å². The maximum atomic E-state index is 13.0. The molecule has 1 fully saturated rings. The third-order valence-electron chi connectivity index (χ3n) is 4.79. The van der Waals surface area contributed by atoms with Crippen molar-refractivity contribution in [1.82, 2.24) is 9.21 Å². The summed E-state index contributed by atoms with van der Waals surface area (Å²) >= 11 is 0.